The molecule has 1 heterocycles. The molecule has 0 aromatic carbocycles. The van der Waals surface area contributed by atoms with Crippen molar-refractivity contribution in [2.45, 2.75) is 38.1 Å². The summed E-state index contributed by atoms with van der Waals surface area (Å²) in [5.41, 5.74) is 0. The van der Waals surface area contributed by atoms with Gasteiger partial charge in [0.1, 0.15) is 5.75 Å². The molecule has 0 aromatic rings. The zero-order valence-electron chi connectivity index (χ0n) is 10.5. The zero-order valence-corrected chi connectivity index (χ0v) is 11.3. The van der Waals surface area contributed by atoms with Crippen molar-refractivity contribution in [1.82, 2.24) is 4.90 Å². The average molecular weight is 277 g/mol. The molecule has 1 unspecified atom stereocenters. The summed E-state index contributed by atoms with van der Waals surface area (Å²) in [6, 6.07) is -0.135. The molecule has 104 valence electrons. The third kappa shape index (κ3) is 5.03. The molecule has 1 fully saturated rings. The number of aliphatic carboxylic acids is 1. The van der Waals surface area contributed by atoms with Gasteiger partial charge in [-0.2, -0.15) is 0 Å². The Morgan fingerprint density at radius 2 is 2.00 bits per heavy atom. The van der Waals surface area contributed by atoms with Gasteiger partial charge in [-0.3, -0.25) is 9.59 Å². The third-order valence-electron chi connectivity index (χ3n) is 3.02. The maximum atomic E-state index is 11.9. The van der Waals surface area contributed by atoms with Gasteiger partial charge in [-0.15, -0.1) is 0 Å². The summed E-state index contributed by atoms with van der Waals surface area (Å²) in [5.74, 6) is -1.79. The van der Waals surface area contributed by atoms with Gasteiger partial charge in [0.25, 0.3) is 0 Å². The highest BCUT2D eigenvalue weighted by atomic mass is 32.2. The number of piperidine rings is 1. The van der Waals surface area contributed by atoms with Crippen LogP contribution >= 0.6 is 0 Å². The lowest BCUT2D eigenvalue weighted by Gasteiger charge is -2.35. The van der Waals surface area contributed by atoms with E-state index in [-0.39, 0.29) is 12.5 Å². The summed E-state index contributed by atoms with van der Waals surface area (Å²) in [6.07, 6.45) is 3.98. The molecule has 7 heteroatoms. The monoisotopic (exact) mass is 277 g/mol. The number of sulfone groups is 1. The lowest BCUT2D eigenvalue weighted by molar-refractivity contribution is -0.139. The number of nitrogens with zero attached hydrogens (tertiary/aromatic N) is 1. The van der Waals surface area contributed by atoms with Crippen molar-refractivity contribution < 1.29 is 23.1 Å². The van der Waals surface area contributed by atoms with E-state index < -0.39 is 27.5 Å². The van der Waals surface area contributed by atoms with Crippen molar-refractivity contribution in [2.75, 3.05) is 18.6 Å². The fraction of sp³-hybridized carbons (Fsp3) is 0.818. The molecule has 0 bridgehead atoms. The summed E-state index contributed by atoms with van der Waals surface area (Å²) >= 11 is 0. The van der Waals surface area contributed by atoms with Gasteiger partial charge in [0.15, 0.2) is 9.84 Å². The highest BCUT2D eigenvalue weighted by Gasteiger charge is 2.28. The molecule has 0 aromatic heterocycles. The van der Waals surface area contributed by atoms with E-state index in [0.29, 0.717) is 13.0 Å². The molecule has 1 aliphatic heterocycles. The molecule has 0 spiro atoms. The van der Waals surface area contributed by atoms with Crippen LogP contribution < -0.4 is 0 Å². The van der Waals surface area contributed by atoms with Gasteiger partial charge < -0.3 is 10.0 Å². The molecule has 18 heavy (non-hydrogen) atoms. The lowest BCUT2D eigenvalue weighted by atomic mass is 9.98. The van der Waals surface area contributed by atoms with Crippen molar-refractivity contribution in [3.63, 3.8) is 0 Å². The number of carbonyl (C=O) groups is 2. The molecule has 6 nitrogen and oxygen atoms in total. The number of carboxylic acid groups (broad SMARTS) is 1. The van der Waals surface area contributed by atoms with Crippen LogP contribution in [0.4, 0.5) is 0 Å². The van der Waals surface area contributed by atoms with Crippen molar-refractivity contribution in [3.8, 4) is 0 Å². The second-order valence-electron chi connectivity index (χ2n) is 4.74. The molecule has 1 saturated heterocycles. The highest BCUT2D eigenvalue weighted by Crippen LogP contribution is 2.21. The lowest BCUT2D eigenvalue weighted by Crippen LogP contribution is -2.46. The topological polar surface area (TPSA) is 91.8 Å². The number of rotatable bonds is 5. The highest BCUT2D eigenvalue weighted by molar-refractivity contribution is 7.91. The van der Waals surface area contributed by atoms with E-state index in [2.05, 4.69) is 0 Å². The third-order valence-corrected chi connectivity index (χ3v) is 3.80. The van der Waals surface area contributed by atoms with E-state index in [1.54, 1.807) is 0 Å². The molecule has 1 N–H and O–H groups in total. The minimum Gasteiger partial charge on any atom is -0.481 e. The molecular weight excluding hydrogens is 258 g/mol. The second kappa shape index (κ2) is 6.17. The Bertz CT molecular complexity index is 417. The summed E-state index contributed by atoms with van der Waals surface area (Å²) in [6.45, 7) is 0.526. The van der Waals surface area contributed by atoms with Gasteiger partial charge in [0, 0.05) is 25.3 Å². The van der Waals surface area contributed by atoms with Crippen molar-refractivity contribution in [3.05, 3.63) is 0 Å². The first kappa shape index (κ1) is 14.9. The largest absolute Gasteiger partial charge is 0.481 e. The first-order valence-electron chi connectivity index (χ1n) is 5.98. The van der Waals surface area contributed by atoms with Crippen LogP contribution in [0.25, 0.3) is 0 Å². The van der Waals surface area contributed by atoms with Crippen LogP contribution in [0.2, 0.25) is 0 Å². The van der Waals surface area contributed by atoms with Crippen LogP contribution in [-0.4, -0.2) is 54.9 Å². The number of likely N-dealkylation sites (tertiary alicyclic amines) is 1. The van der Waals surface area contributed by atoms with Crippen LogP contribution in [-0.2, 0) is 19.4 Å². The molecule has 1 aliphatic rings. The van der Waals surface area contributed by atoms with Gasteiger partial charge in [-0.05, 0) is 25.7 Å². The van der Waals surface area contributed by atoms with E-state index in [1.165, 1.54) is 4.90 Å². The molecule has 0 aliphatic carbocycles. The molecule has 1 amide bonds. The molecule has 0 saturated carbocycles. The average Bonchev–Trinajstić information content (AvgIpc) is 2.24. The number of hydrogen-bond acceptors (Lipinski definition) is 4. The van der Waals surface area contributed by atoms with Crippen LogP contribution in [0.1, 0.15) is 32.1 Å². The maximum absolute atomic E-state index is 11.9. The standard InChI is InChI=1S/C11H19NO5S/c1-18(16,17)8-10(13)12-7-3-2-4-9(12)5-6-11(14)15/h9H,2-8H2,1H3,(H,14,15). The number of carbonyl (C=O) groups excluding carboxylic acids is 1. The SMILES string of the molecule is CS(=O)(=O)CC(=O)N1CCCCC1CCC(=O)O. The number of amides is 1. The van der Waals surface area contributed by atoms with Gasteiger partial charge in [0.2, 0.25) is 5.91 Å². The van der Waals surface area contributed by atoms with E-state index >= 15 is 0 Å². The van der Waals surface area contributed by atoms with E-state index in [4.69, 9.17) is 5.11 Å². The summed E-state index contributed by atoms with van der Waals surface area (Å²) in [7, 11) is -3.33. The van der Waals surface area contributed by atoms with E-state index in [1.807, 2.05) is 0 Å². The maximum Gasteiger partial charge on any atom is 0.303 e. The van der Waals surface area contributed by atoms with Crippen LogP contribution in [0, 0.1) is 0 Å². The van der Waals surface area contributed by atoms with Crippen LogP contribution in [0.15, 0.2) is 0 Å². The van der Waals surface area contributed by atoms with E-state index in [0.717, 1.165) is 25.5 Å². The minimum atomic E-state index is -3.33. The minimum absolute atomic E-state index is 0.00726. The van der Waals surface area contributed by atoms with Crippen molar-refractivity contribution >= 4 is 21.7 Å². The normalized spacial score (nSPS) is 20.7. The zero-order chi connectivity index (χ0) is 13.8. The Hall–Kier alpha value is -1.11. The van der Waals surface area contributed by atoms with Crippen molar-refractivity contribution in [1.29, 1.82) is 0 Å². The Morgan fingerprint density at radius 3 is 2.56 bits per heavy atom. The predicted molar refractivity (Wildman–Crippen MR) is 65.9 cm³/mol. The predicted octanol–water partition coefficient (Wildman–Crippen LogP) is 0.277. The van der Waals surface area contributed by atoms with Gasteiger partial charge in [-0.25, -0.2) is 8.42 Å². The van der Waals surface area contributed by atoms with E-state index in [9.17, 15) is 18.0 Å². The Balaban J connectivity index is 2.64. The Morgan fingerprint density at radius 1 is 1.33 bits per heavy atom. The molecule has 1 rings (SSSR count). The number of hydrogen-bond donors (Lipinski definition) is 1. The summed E-state index contributed by atoms with van der Waals surface area (Å²) < 4.78 is 22.2. The first-order valence-corrected chi connectivity index (χ1v) is 8.04. The molecule has 0 radical (unpaired) electrons. The smallest absolute Gasteiger partial charge is 0.303 e. The van der Waals surface area contributed by atoms with Crippen LogP contribution in [0.5, 0.6) is 0 Å². The number of carboxylic acids is 1. The van der Waals surface area contributed by atoms with Crippen LogP contribution in [0.3, 0.4) is 0 Å². The fourth-order valence-electron chi connectivity index (χ4n) is 2.23. The quantitative estimate of drug-likeness (QED) is 0.779. The van der Waals surface area contributed by atoms with Gasteiger partial charge >= 0.3 is 5.97 Å². The Labute approximate surface area is 107 Å². The summed E-state index contributed by atoms with van der Waals surface area (Å²) in [4.78, 5) is 24.0. The fourth-order valence-corrected chi connectivity index (χ4v) is 2.84. The van der Waals surface area contributed by atoms with Gasteiger partial charge in [-0.1, -0.05) is 0 Å². The first-order chi connectivity index (χ1) is 8.29. The van der Waals surface area contributed by atoms with Crippen molar-refractivity contribution in [2.24, 2.45) is 0 Å². The second-order valence-corrected chi connectivity index (χ2v) is 6.88. The molecular formula is C11H19NO5S. The van der Waals surface area contributed by atoms with Gasteiger partial charge in [0.05, 0.1) is 0 Å². The summed E-state index contributed by atoms with van der Waals surface area (Å²) in [5, 5.41) is 8.66. The Kier molecular flexibility index (Phi) is 5.13. The molecule has 1 atom stereocenters.